The number of hydrogen-bond donors (Lipinski definition) is 2. The number of carbonyl (C=O) groups is 1. The number of methoxy groups -OCH3 is 3. The van der Waals surface area contributed by atoms with Gasteiger partial charge >= 0.3 is 0 Å². The maximum absolute atomic E-state index is 13.1. The van der Waals surface area contributed by atoms with Gasteiger partial charge in [-0.2, -0.15) is 0 Å². The van der Waals surface area contributed by atoms with Gasteiger partial charge in [0.25, 0.3) is 5.91 Å². The molecule has 0 aliphatic carbocycles. The molecule has 1 amide bonds. The third-order valence-electron chi connectivity index (χ3n) is 4.69. The number of carbonyl (C=O) groups excluding carboxylic acids is 1. The van der Waals surface area contributed by atoms with Gasteiger partial charge in [0, 0.05) is 18.0 Å². The fraction of sp³-hybridized carbons (Fsp3) is 0.286. The Labute approximate surface area is 158 Å². The van der Waals surface area contributed by atoms with E-state index in [2.05, 4.69) is 17.2 Å². The topological polar surface area (TPSA) is 72.6 Å². The van der Waals surface area contributed by atoms with Gasteiger partial charge in [-0.15, -0.1) is 0 Å². The van der Waals surface area contributed by atoms with Gasteiger partial charge in [0.15, 0.2) is 11.5 Å². The highest BCUT2D eigenvalue weighted by Gasteiger charge is 2.23. The number of amides is 1. The Kier molecular flexibility index (Phi) is 5.26. The first-order valence-corrected chi connectivity index (χ1v) is 8.75. The highest BCUT2D eigenvalue weighted by Crippen LogP contribution is 2.44. The van der Waals surface area contributed by atoms with Crippen LogP contribution < -0.4 is 19.5 Å². The second-order valence-electron chi connectivity index (χ2n) is 6.19. The van der Waals surface area contributed by atoms with E-state index in [0.29, 0.717) is 28.2 Å². The molecule has 0 spiro atoms. The number of benzene rings is 2. The van der Waals surface area contributed by atoms with Crippen molar-refractivity contribution in [1.82, 2.24) is 4.98 Å². The van der Waals surface area contributed by atoms with Crippen molar-refractivity contribution >= 4 is 22.5 Å². The van der Waals surface area contributed by atoms with E-state index in [1.807, 2.05) is 25.1 Å². The molecule has 0 radical (unpaired) electrons. The first kappa shape index (κ1) is 18.6. The van der Waals surface area contributed by atoms with Gasteiger partial charge in [0.1, 0.15) is 0 Å². The lowest BCUT2D eigenvalue weighted by Gasteiger charge is -2.15. The summed E-state index contributed by atoms with van der Waals surface area (Å²) in [6.07, 6.45) is 2.50. The lowest BCUT2D eigenvalue weighted by atomic mass is 10.0. The van der Waals surface area contributed by atoms with Crippen LogP contribution >= 0.6 is 0 Å². The van der Waals surface area contributed by atoms with Crippen LogP contribution in [0.3, 0.4) is 0 Å². The number of H-pyrrole nitrogens is 1. The fourth-order valence-electron chi connectivity index (χ4n) is 3.32. The molecule has 0 saturated carbocycles. The molecule has 142 valence electrons. The largest absolute Gasteiger partial charge is 0.493 e. The van der Waals surface area contributed by atoms with Gasteiger partial charge in [-0.05, 0) is 24.5 Å². The van der Waals surface area contributed by atoms with Crippen molar-refractivity contribution in [1.29, 1.82) is 0 Å². The van der Waals surface area contributed by atoms with Crippen LogP contribution in [0.1, 0.15) is 28.4 Å². The molecule has 0 aliphatic rings. The van der Waals surface area contributed by atoms with Crippen LogP contribution in [-0.4, -0.2) is 32.2 Å². The lowest BCUT2D eigenvalue weighted by Crippen LogP contribution is -2.14. The average Bonchev–Trinajstić information content (AvgIpc) is 3.11. The third-order valence-corrected chi connectivity index (χ3v) is 4.69. The standard InChI is InChI=1S/C21H24N2O4/c1-6-13-9-7-8-12(2)18(13)23-21(24)14-11-22-15-10-16(25-3)19(26-4)20(27-5)17(14)15/h7-11,22H,6H2,1-5H3,(H,23,24). The Morgan fingerprint density at radius 2 is 1.85 bits per heavy atom. The molecule has 2 N–H and O–H groups in total. The zero-order chi connectivity index (χ0) is 19.6. The minimum Gasteiger partial charge on any atom is -0.493 e. The molecule has 3 rings (SSSR count). The molecular weight excluding hydrogens is 344 g/mol. The summed E-state index contributed by atoms with van der Waals surface area (Å²) in [5, 5.41) is 3.71. The van der Waals surface area contributed by atoms with E-state index in [4.69, 9.17) is 14.2 Å². The summed E-state index contributed by atoms with van der Waals surface area (Å²) >= 11 is 0. The van der Waals surface area contributed by atoms with Gasteiger partial charge in [-0.3, -0.25) is 4.79 Å². The number of para-hydroxylation sites is 1. The smallest absolute Gasteiger partial charge is 0.257 e. The zero-order valence-corrected chi connectivity index (χ0v) is 16.2. The molecule has 0 atom stereocenters. The van der Waals surface area contributed by atoms with Gasteiger partial charge in [-0.1, -0.05) is 25.1 Å². The molecule has 0 saturated heterocycles. The number of fused-ring (bicyclic) bond motifs is 1. The van der Waals surface area contributed by atoms with Gasteiger partial charge in [-0.25, -0.2) is 0 Å². The lowest BCUT2D eigenvalue weighted by molar-refractivity contribution is 0.102. The van der Waals surface area contributed by atoms with Gasteiger partial charge in [0.05, 0.1) is 37.8 Å². The number of aromatic amines is 1. The number of aromatic nitrogens is 1. The maximum atomic E-state index is 13.1. The van der Waals surface area contributed by atoms with E-state index in [1.165, 1.54) is 0 Å². The molecule has 6 heteroatoms. The first-order valence-electron chi connectivity index (χ1n) is 8.75. The van der Waals surface area contributed by atoms with Gasteiger partial charge in [0.2, 0.25) is 5.75 Å². The molecule has 27 heavy (non-hydrogen) atoms. The Morgan fingerprint density at radius 3 is 2.48 bits per heavy atom. The van der Waals surface area contributed by atoms with Crippen LogP contribution in [0.25, 0.3) is 10.9 Å². The highest BCUT2D eigenvalue weighted by molar-refractivity contribution is 6.15. The summed E-state index contributed by atoms with van der Waals surface area (Å²) in [6, 6.07) is 7.79. The van der Waals surface area contributed by atoms with Crippen LogP contribution in [0.15, 0.2) is 30.5 Å². The number of rotatable bonds is 6. The first-order chi connectivity index (χ1) is 13.0. The SMILES string of the molecule is CCc1cccc(C)c1NC(=O)c1c[nH]c2cc(OC)c(OC)c(OC)c12. The summed E-state index contributed by atoms with van der Waals surface area (Å²) in [4.78, 5) is 16.2. The molecule has 2 aromatic carbocycles. The summed E-state index contributed by atoms with van der Waals surface area (Å²) in [6.45, 7) is 4.05. The minimum absolute atomic E-state index is 0.212. The molecule has 0 aliphatic heterocycles. The number of ether oxygens (including phenoxy) is 3. The molecule has 1 heterocycles. The Balaban J connectivity index is 2.11. The summed E-state index contributed by atoms with van der Waals surface area (Å²) in [5.74, 6) is 1.23. The van der Waals surface area contributed by atoms with E-state index in [9.17, 15) is 4.79 Å². The summed E-state index contributed by atoms with van der Waals surface area (Å²) in [7, 11) is 4.64. The molecule has 6 nitrogen and oxygen atoms in total. The number of aryl methyl sites for hydroxylation is 2. The predicted octanol–water partition coefficient (Wildman–Crippen LogP) is 4.32. The van der Waals surface area contributed by atoms with Crippen molar-refractivity contribution < 1.29 is 19.0 Å². The maximum Gasteiger partial charge on any atom is 0.257 e. The number of nitrogens with one attached hydrogen (secondary N) is 2. The average molecular weight is 368 g/mol. The normalized spacial score (nSPS) is 10.7. The molecule has 3 aromatic rings. The van der Waals surface area contributed by atoms with Crippen LogP contribution in [0.2, 0.25) is 0 Å². The predicted molar refractivity (Wildman–Crippen MR) is 106 cm³/mol. The van der Waals surface area contributed by atoms with Crippen molar-refractivity contribution in [2.24, 2.45) is 0 Å². The van der Waals surface area contributed by atoms with E-state index in [1.54, 1.807) is 33.6 Å². The second kappa shape index (κ2) is 7.61. The monoisotopic (exact) mass is 368 g/mol. The summed E-state index contributed by atoms with van der Waals surface area (Å²) < 4.78 is 16.4. The third kappa shape index (κ3) is 3.18. The molecule has 0 fully saturated rings. The van der Waals surface area contributed by atoms with Crippen LogP contribution in [0, 0.1) is 6.92 Å². The van der Waals surface area contributed by atoms with Crippen molar-refractivity contribution in [2.45, 2.75) is 20.3 Å². The van der Waals surface area contributed by atoms with Crippen LogP contribution in [0.5, 0.6) is 17.2 Å². The van der Waals surface area contributed by atoms with E-state index in [0.717, 1.165) is 28.8 Å². The zero-order valence-electron chi connectivity index (χ0n) is 16.2. The Bertz CT molecular complexity index is 992. The second-order valence-corrected chi connectivity index (χ2v) is 6.19. The van der Waals surface area contributed by atoms with Crippen molar-refractivity contribution in [3.05, 3.63) is 47.2 Å². The quantitative estimate of drug-likeness (QED) is 0.680. The van der Waals surface area contributed by atoms with Crippen molar-refractivity contribution in [3.8, 4) is 17.2 Å². The summed E-state index contributed by atoms with van der Waals surface area (Å²) in [5.41, 5.74) is 4.17. The molecule has 1 aromatic heterocycles. The minimum atomic E-state index is -0.212. The molecular formula is C21H24N2O4. The van der Waals surface area contributed by atoms with Gasteiger partial charge < -0.3 is 24.5 Å². The van der Waals surface area contributed by atoms with Crippen molar-refractivity contribution in [3.63, 3.8) is 0 Å². The van der Waals surface area contributed by atoms with E-state index >= 15 is 0 Å². The number of hydrogen-bond acceptors (Lipinski definition) is 4. The number of anilines is 1. The Hall–Kier alpha value is -3.15. The molecule has 0 bridgehead atoms. The Morgan fingerprint density at radius 1 is 1.11 bits per heavy atom. The van der Waals surface area contributed by atoms with Crippen LogP contribution in [-0.2, 0) is 6.42 Å². The molecule has 0 unspecified atom stereocenters. The van der Waals surface area contributed by atoms with Crippen molar-refractivity contribution in [2.75, 3.05) is 26.6 Å². The van der Waals surface area contributed by atoms with Crippen LogP contribution in [0.4, 0.5) is 5.69 Å². The highest BCUT2D eigenvalue weighted by atomic mass is 16.5. The van der Waals surface area contributed by atoms with E-state index in [-0.39, 0.29) is 5.91 Å². The fourth-order valence-corrected chi connectivity index (χ4v) is 3.32. The van der Waals surface area contributed by atoms with E-state index < -0.39 is 0 Å².